The molecule has 3 nitrogen and oxygen atoms in total. The van der Waals surface area contributed by atoms with Crippen molar-refractivity contribution >= 4 is 38.6 Å². The van der Waals surface area contributed by atoms with E-state index in [1.165, 1.54) is 0 Å². The lowest BCUT2D eigenvalue weighted by Gasteiger charge is -1.89. The molecule has 0 saturated heterocycles. The van der Waals surface area contributed by atoms with Crippen LogP contribution >= 0.6 is 22.7 Å². The van der Waals surface area contributed by atoms with E-state index in [9.17, 15) is 0 Å². The Morgan fingerprint density at radius 2 is 2.20 bits per heavy atom. The molecule has 2 N–H and O–H groups in total. The Kier molecular flexibility index (Phi) is 1.93. The predicted molar refractivity (Wildman–Crippen MR) is 65.1 cm³/mol. The second kappa shape index (κ2) is 3.29. The van der Waals surface area contributed by atoms with Crippen LogP contribution in [0.2, 0.25) is 0 Å². The van der Waals surface area contributed by atoms with Crippen molar-refractivity contribution in [2.45, 2.75) is 0 Å². The van der Waals surface area contributed by atoms with E-state index in [1.807, 2.05) is 29.1 Å². The molecule has 3 aromatic rings. The molecule has 0 aliphatic carbocycles. The topological polar surface area (TPSA) is 51.8 Å². The highest BCUT2D eigenvalue weighted by atomic mass is 32.1. The molecule has 1 aromatic carbocycles. The Morgan fingerprint density at radius 3 is 3.00 bits per heavy atom. The maximum Gasteiger partial charge on any atom is 0.143 e. The van der Waals surface area contributed by atoms with Gasteiger partial charge in [0.1, 0.15) is 10.7 Å². The maximum atomic E-state index is 5.72. The number of nitrogens with zero attached hydrogens (tertiary/aromatic N) is 2. The lowest BCUT2D eigenvalue weighted by Crippen LogP contribution is -1.81. The van der Waals surface area contributed by atoms with Crippen LogP contribution in [0.25, 0.3) is 20.9 Å². The average Bonchev–Trinajstić information content (AvgIpc) is 2.84. The van der Waals surface area contributed by atoms with Crippen LogP contribution in [-0.2, 0) is 0 Å². The monoisotopic (exact) mass is 233 g/mol. The van der Waals surface area contributed by atoms with Crippen LogP contribution in [0.15, 0.2) is 29.1 Å². The molecule has 2 aromatic heterocycles. The summed E-state index contributed by atoms with van der Waals surface area (Å²) >= 11 is 3.20. The molecule has 0 bridgehead atoms. The Morgan fingerprint density at radius 1 is 1.27 bits per heavy atom. The lowest BCUT2D eigenvalue weighted by atomic mass is 10.3. The van der Waals surface area contributed by atoms with Crippen LogP contribution in [0.3, 0.4) is 0 Å². The maximum absolute atomic E-state index is 5.72. The first-order valence-electron chi connectivity index (χ1n) is 4.37. The molecule has 5 heteroatoms. The van der Waals surface area contributed by atoms with Gasteiger partial charge in [-0.2, -0.15) is 0 Å². The Hall–Kier alpha value is -1.46. The van der Waals surface area contributed by atoms with Crippen molar-refractivity contribution in [3.8, 4) is 10.7 Å². The standard InChI is InChI=1S/C10H7N3S2/c11-6-1-2-7-9(3-6)15-10(13-7)8-4-14-5-12-8/h1-5H,11H2. The first-order chi connectivity index (χ1) is 7.33. The highest BCUT2D eigenvalue weighted by Crippen LogP contribution is 2.30. The third-order valence-electron chi connectivity index (χ3n) is 2.06. The van der Waals surface area contributed by atoms with Crippen molar-refractivity contribution in [3.63, 3.8) is 0 Å². The van der Waals surface area contributed by atoms with Crippen molar-refractivity contribution in [1.29, 1.82) is 0 Å². The molecule has 0 unspecified atom stereocenters. The fourth-order valence-electron chi connectivity index (χ4n) is 1.37. The van der Waals surface area contributed by atoms with Gasteiger partial charge in [0.2, 0.25) is 0 Å². The summed E-state index contributed by atoms with van der Waals surface area (Å²) in [6.07, 6.45) is 0. The molecule has 0 saturated carbocycles. The molecule has 0 aliphatic rings. The quantitative estimate of drug-likeness (QED) is 0.657. The van der Waals surface area contributed by atoms with E-state index < -0.39 is 0 Å². The number of fused-ring (bicyclic) bond motifs is 1. The van der Waals surface area contributed by atoms with Gasteiger partial charge in [-0.25, -0.2) is 9.97 Å². The average molecular weight is 233 g/mol. The minimum absolute atomic E-state index is 0.774. The van der Waals surface area contributed by atoms with Crippen LogP contribution in [0.1, 0.15) is 0 Å². The van der Waals surface area contributed by atoms with Crippen molar-refractivity contribution in [2.75, 3.05) is 5.73 Å². The summed E-state index contributed by atoms with van der Waals surface area (Å²) in [5.74, 6) is 0. The molecule has 15 heavy (non-hydrogen) atoms. The number of hydrogen-bond acceptors (Lipinski definition) is 5. The first-order valence-corrected chi connectivity index (χ1v) is 6.13. The summed E-state index contributed by atoms with van der Waals surface area (Å²) in [7, 11) is 0. The molecule has 0 spiro atoms. The molecule has 0 amide bonds. The molecular formula is C10H7N3S2. The number of thiazole rings is 2. The Balaban J connectivity index is 2.22. The number of nitrogens with two attached hydrogens (primary N) is 1. The normalized spacial score (nSPS) is 10.9. The Bertz CT molecular complexity index is 598. The minimum Gasteiger partial charge on any atom is -0.399 e. The largest absolute Gasteiger partial charge is 0.399 e. The molecule has 0 atom stereocenters. The highest BCUT2D eigenvalue weighted by molar-refractivity contribution is 7.21. The zero-order chi connectivity index (χ0) is 10.3. The number of hydrogen-bond donors (Lipinski definition) is 1. The van der Waals surface area contributed by atoms with Gasteiger partial charge in [-0.1, -0.05) is 0 Å². The number of nitrogen functional groups attached to an aromatic ring is 1. The summed E-state index contributed by atoms with van der Waals surface area (Å²) in [4.78, 5) is 8.74. The molecule has 2 heterocycles. The van der Waals surface area contributed by atoms with Gasteiger partial charge in [0.05, 0.1) is 15.7 Å². The zero-order valence-corrected chi connectivity index (χ0v) is 9.31. The van der Waals surface area contributed by atoms with E-state index in [0.717, 1.165) is 26.6 Å². The predicted octanol–water partition coefficient (Wildman–Crippen LogP) is 3.00. The summed E-state index contributed by atoms with van der Waals surface area (Å²) in [5.41, 5.74) is 10.2. The van der Waals surface area contributed by atoms with Gasteiger partial charge >= 0.3 is 0 Å². The first kappa shape index (κ1) is 8.82. The SMILES string of the molecule is Nc1ccc2nc(-c3cscn3)sc2c1. The fraction of sp³-hybridized carbons (Fsp3) is 0. The summed E-state index contributed by atoms with van der Waals surface area (Å²) in [5, 5.41) is 2.96. The third kappa shape index (κ3) is 1.49. The zero-order valence-electron chi connectivity index (χ0n) is 7.68. The van der Waals surface area contributed by atoms with E-state index in [1.54, 1.807) is 22.7 Å². The second-order valence-electron chi connectivity index (χ2n) is 3.12. The van der Waals surface area contributed by atoms with Crippen molar-refractivity contribution in [2.24, 2.45) is 0 Å². The van der Waals surface area contributed by atoms with E-state index in [0.29, 0.717) is 0 Å². The molecule has 74 valence electrons. The van der Waals surface area contributed by atoms with Crippen LogP contribution in [0.4, 0.5) is 5.69 Å². The smallest absolute Gasteiger partial charge is 0.143 e. The van der Waals surface area contributed by atoms with E-state index in [-0.39, 0.29) is 0 Å². The van der Waals surface area contributed by atoms with Crippen LogP contribution in [0, 0.1) is 0 Å². The van der Waals surface area contributed by atoms with Gasteiger partial charge in [-0.15, -0.1) is 22.7 Å². The number of aromatic nitrogens is 2. The molecule has 0 fully saturated rings. The summed E-state index contributed by atoms with van der Waals surface area (Å²) < 4.78 is 1.11. The third-order valence-corrected chi connectivity index (χ3v) is 3.69. The van der Waals surface area contributed by atoms with E-state index >= 15 is 0 Å². The Labute approximate surface area is 94.2 Å². The van der Waals surface area contributed by atoms with Crippen LogP contribution in [-0.4, -0.2) is 9.97 Å². The van der Waals surface area contributed by atoms with E-state index in [2.05, 4.69) is 9.97 Å². The van der Waals surface area contributed by atoms with Gasteiger partial charge in [0, 0.05) is 11.1 Å². The molecular weight excluding hydrogens is 226 g/mol. The van der Waals surface area contributed by atoms with Crippen molar-refractivity contribution < 1.29 is 0 Å². The molecule has 0 radical (unpaired) electrons. The van der Waals surface area contributed by atoms with Gasteiger partial charge in [0.25, 0.3) is 0 Å². The summed E-state index contributed by atoms with van der Waals surface area (Å²) in [6.45, 7) is 0. The minimum atomic E-state index is 0.774. The fourth-order valence-corrected chi connectivity index (χ4v) is 2.96. The second-order valence-corrected chi connectivity index (χ2v) is 4.87. The number of rotatable bonds is 1. The summed E-state index contributed by atoms with van der Waals surface area (Å²) in [6, 6.07) is 5.76. The van der Waals surface area contributed by atoms with Crippen molar-refractivity contribution in [3.05, 3.63) is 29.1 Å². The van der Waals surface area contributed by atoms with Crippen LogP contribution < -0.4 is 5.73 Å². The van der Waals surface area contributed by atoms with Gasteiger partial charge in [0.15, 0.2) is 0 Å². The van der Waals surface area contributed by atoms with Gasteiger partial charge in [-0.3, -0.25) is 0 Å². The highest BCUT2D eigenvalue weighted by Gasteiger charge is 2.07. The van der Waals surface area contributed by atoms with Gasteiger partial charge < -0.3 is 5.73 Å². The number of anilines is 1. The van der Waals surface area contributed by atoms with Crippen molar-refractivity contribution in [1.82, 2.24) is 9.97 Å². The van der Waals surface area contributed by atoms with Gasteiger partial charge in [-0.05, 0) is 18.2 Å². The number of benzene rings is 1. The van der Waals surface area contributed by atoms with E-state index in [4.69, 9.17) is 5.73 Å². The lowest BCUT2D eigenvalue weighted by molar-refractivity contribution is 1.37. The molecule has 0 aliphatic heterocycles. The molecule has 3 rings (SSSR count). The van der Waals surface area contributed by atoms with Crippen LogP contribution in [0.5, 0.6) is 0 Å².